The molecular weight excluding hydrogens is 250 g/mol. The molecule has 1 aromatic carbocycles. The summed E-state index contributed by atoms with van der Waals surface area (Å²) in [5.41, 5.74) is 3.23. The van der Waals surface area contributed by atoms with Gasteiger partial charge in [-0.25, -0.2) is 0 Å². The minimum atomic E-state index is -0.275. The summed E-state index contributed by atoms with van der Waals surface area (Å²) in [6, 6.07) is 14.0. The average molecular weight is 265 g/mol. The summed E-state index contributed by atoms with van der Waals surface area (Å²) in [5.74, 6) is 0. The van der Waals surface area contributed by atoms with E-state index in [0.717, 1.165) is 37.3 Å². The molecule has 0 bridgehead atoms. The van der Waals surface area contributed by atoms with Crippen molar-refractivity contribution in [2.45, 2.75) is 19.5 Å². The lowest BCUT2D eigenvalue weighted by Crippen LogP contribution is -2.32. The number of hydrogen-bond acceptors (Lipinski definition) is 3. The third kappa shape index (κ3) is 2.49. The zero-order chi connectivity index (χ0) is 13.9. The minimum absolute atomic E-state index is 0.199. The maximum atomic E-state index is 11.6. The highest BCUT2D eigenvalue weighted by Crippen LogP contribution is 2.18. The number of nitrogens with zero attached hydrogens (tertiary/aromatic N) is 2. The largest absolute Gasteiger partial charge is 0.325 e. The van der Waals surface area contributed by atoms with Gasteiger partial charge in [-0.1, -0.05) is 30.3 Å². The van der Waals surface area contributed by atoms with Crippen molar-refractivity contribution in [3.8, 4) is 6.07 Å². The van der Waals surface area contributed by atoms with Crippen LogP contribution in [0.15, 0.2) is 41.2 Å². The lowest BCUT2D eigenvalue weighted by Gasteiger charge is -2.28. The van der Waals surface area contributed by atoms with Gasteiger partial charge in [-0.05, 0) is 17.2 Å². The molecule has 20 heavy (non-hydrogen) atoms. The molecule has 0 saturated heterocycles. The number of benzene rings is 1. The third-order valence-corrected chi connectivity index (χ3v) is 3.66. The third-order valence-electron chi connectivity index (χ3n) is 3.66. The van der Waals surface area contributed by atoms with Gasteiger partial charge in [0.1, 0.15) is 11.6 Å². The monoisotopic (exact) mass is 265 g/mol. The van der Waals surface area contributed by atoms with E-state index in [2.05, 4.69) is 22.0 Å². The second kappa shape index (κ2) is 5.32. The van der Waals surface area contributed by atoms with E-state index in [9.17, 15) is 4.79 Å². The molecule has 1 aliphatic heterocycles. The van der Waals surface area contributed by atoms with Gasteiger partial charge in [0.15, 0.2) is 0 Å². The van der Waals surface area contributed by atoms with Gasteiger partial charge in [0.2, 0.25) is 0 Å². The number of hydrogen-bond donors (Lipinski definition) is 1. The Balaban J connectivity index is 1.82. The van der Waals surface area contributed by atoms with Gasteiger partial charge in [-0.15, -0.1) is 0 Å². The summed E-state index contributed by atoms with van der Waals surface area (Å²) in [7, 11) is 0. The van der Waals surface area contributed by atoms with E-state index in [1.807, 2.05) is 24.3 Å². The normalized spacial score (nSPS) is 14.6. The van der Waals surface area contributed by atoms with Crippen molar-refractivity contribution in [2.75, 3.05) is 6.54 Å². The Morgan fingerprint density at radius 3 is 2.85 bits per heavy atom. The zero-order valence-corrected chi connectivity index (χ0v) is 11.1. The Morgan fingerprint density at radius 2 is 2.10 bits per heavy atom. The smallest absolute Gasteiger partial charge is 0.266 e. The highest BCUT2D eigenvalue weighted by molar-refractivity contribution is 5.34. The van der Waals surface area contributed by atoms with Crippen LogP contribution >= 0.6 is 0 Å². The molecule has 3 rings (SSSR count). The van der Waals surface area contributed by atoms with Gasteiger partial charge in [0.05, 0.1) is 0 Å². The van der Waals surface area contributed by atoms with Gasteiger partial charge in [0.25, 0.3) is 5.56 Å². The Hall–Kier alpha value is -2.38. The summed E-state index contributed by atoms with van der Waals surface area (Å²) >= 11 is 0. The molecule has 2 aromatic rings. The van der Waals surface area contributed by atoms with Crippen LogP contribution in [0.3, 0.4) is 0 Å². The van der Waals surface area contributed by atoms with Crippen molar-refractivity contribution < 1.29 is 0 Å². The van der Waals surface area contributed by atoms with Crippen LogP contribution in [-0.4, -0.2) is 16.4 Å². The summed E-state index contributed by atoms with van der Waals surface area (Å²) in [4.78, 5) is 16.8. The predicted octanol–water partition coefficient (Wildman–Crippen LogP) is 1.80. The van der Waals surface area contributed by atoms with Gasteiger partial charge < -0.3 is 4.98 Å². The molecule has 1 aliphatic rings. The number of fused-ring (bicyclic) bond motifs is 1. The molecule has 2 heterocycles. The second-order valence-corrected chi connectivity index (χ2v) is 5.07. The number of aromatic nitrogens is 1. The minimum Gasteiger partial charge on any atom is -0.325 e. The fourth-order valence-corrected chi connectivity index (χ4v) is 2.63. The number of nitrogens with one attached hydrogen (secondary N) is 1. The first kappa shape index (κ1) is 12.6. The highest BCUT2D eigenvalue weighted by Gasteiger charge is 2.18. The first-order chi connectivity index (χ1) is 9.76. The summed E-state index contributed by atoms with van der Waals surface area (Å²) < 4.78 is 0. The molecule has 0 radical (unpaired) electrons. The maximum Gasteiger partial charge on any atom is 0.266 e. The Bertz CT molecular complexity index is 713. The van der Waals surface area contributed by atoms with Gasteiger partial charge >= 0.3 is 0 Å². The van der Waals surface area contributed by atoms with Gasteiger partial charge in [0, 0.05) is 31.7 Å². The first-order valence-corrected chi connectivity index (χ1v) is 6.68. The molecule has 0 aliphatic carbocycles. The fourth-order valence-electron chi connectivity index (χ4n) is 2.63. The Kier molecular flexibility index (Phi) is 3.36. The summed E-state index contributed by atoms with van der Waals surface area (Å²) in [5, 5.41) is 8.94. The van der Waals surface area contributed by atoms with Crippen LogP contribution < -0.4 is 5.56 Å². The molecule has 0 atom stereocenters. The average Bonchev–Trinajstić information content (AvgIpc) is 2.48. The van der Waals surface area contributed by atoms with Crippen LogP contribution in [-0.2, 0) is 19.5 Å². The summed E-state index contributed by atoms with van der Waals surface area (Å²) in [6.07, 6.45) is 0.823. The molecule has 0 fully saturated rings. The Labute approximate surface area is 117 Å². The van der Waals surface area contributed by atoms with Crippen LogP contribution in [0.1, 0.15) is 22.4 Å². The van der Waals surface area contributed by atoms with Crippen molar-refractivity contribution in [1.82, 2.24) is 9.88 Å². The Morgan fingerprint density at radius 1 is 1.30 bits per heavy atom. The highest BCUT2D eigenvalue weighted by atomic mass is 16.1. The lowest BCUT2D eigenvalue weighted by molar-refractivity contribution is 0.243. The number of aromatic amines is 1. The zero-order valence-electron chi connectivity index (χ0n) is 11.1. The first-order valence-electron chi connectivity index (χ1n) is 6.68. The SMILES string of the molecule is N#Cc1cc2c([nH]c1=O)CCN(Cc1ccccc1)C2. The van der Waals surface area contributed by atoms with E-state index in [0.29, 0.717) is 0 Å². The van der Waals surface area contributed by atoms with Crippen LogP contribution in [0.4, 0.5) is 0 Å². The molecule has 0 saturated carbocycles. The summed E-state index contributed by atoms with van der Waals surface area (Å²) in [6.45, 7) is 2.58. The molecule has 4 nitrogen and oxygen atoms in total. The van der Waals surface area contributed by atoms with Gasteiger partial charge in [-0.3, -0.25) is 9.69 Å². The molecule has 0 amide bonds. The van der Waals surface area contributed by atoms with Crippen molar-refractivity contribution in [3.63, 3.8) is 0 Å². The van der Waals surface area contributed by atoms with Gasteiger partial charge in [-0.2, -0.15) is 5.26 Å². The van der Waals surface area contributed by atoms with E-state index < -0.39 is 0 Å². The van der Waals surface area contributed by atoms with Crippen molar-refractivity contribution >= 4 is 0 Å². The van der Waals surface area contributed by atoms with Crippen LogP contribution in [0.25, 0.3) is 0 Å². The second-order valence-electron chi connectivity index (χ2n) is 5.07. The molecule has 4 heteroatoms. The molecule has 1 N–H and O–H groups in total. The molecule has 0 spiro atoms. The van der Waals surface area contributed by atoms with E-state index in [4.69, 9.17) is 5.26 Å². The van der Waals surface area contributed by atoms with Crippen molar-refractivity contribution in [1.29, 1.82) is 5.26 Å². The van der Waals surface area contributed by atoms with Crippen LogP contribution in [0.5, 0.6) is 0 Å². The quantitative estimate of drug-likeness (QED) is 0.900. The molecule has 0 unspecified atom stereocenters. The molecule has 1 aromatic heterocycles. The number of pyridine rings is 1. The molecular formula is C16H15N3O. The predicted molar refractivity (Wildman–Crippen MR) is 76.0 cm³/mol. The standard InChI is InChI=1S/C16H15N3O/c17-9-13-8-14-11-19(7-6-15(14)18-16(13)20)10-12-4-2-1-3-5-12/h1-5,8H,6-7,10-11H2,(H,18,20). The van der Waals surface area contributed by atoms with Crippen LogP contribution in [0, 0.1) is 11.3 Å². The van der Waals surface area contributed by atoms with E-state index in [1.54, 1.807) is 6.07 Å². The van der Waals surface area contributed by atoms with E-state index in [-0.39, 0.29) is 11.1 Å². The number of nitriles is 1. The number of rotatable bonds is 2. The topological polar surface area (TPSA) is 59.9 Å². The van der Waals surface area contributed by atoms with Crippen molar-refractivity contribution in [3.05, 3.63) is 69.1 Å². The van der Waals surface area contributed by atoms with Crippen molar-refractivity contribution in [2.24, 2.45) is 0 Å². The van der Waals surface area contributed by atoms with E-state index in [1.165, 1.54) is 5.56 Å². The lowest BCUT2D eigenvalue weighted by atomic mass is 10.0. The fraction of sp³-hybridized carbons (Fsp3) is 0.250. The maximum absolute atomic E-state index is 11.6. The van der Waals surface area contributed by atoms with Crippen LogP contribution in [0.2, 0.25) is 0 Å². The number of H-pyrrole nitrogens is 1. The molecule has 100 valence electrons. The van der Waals surface area contributed by atoms with E-state index >= 15 is 0 Å².